The van der Waals surface area contributed by atoms with E-state index in [2.05, 4.69) is 17.0 Å². The van der Waals surface area contributed by atoms with Crippen molar-refractivity contribution in [3.05, 3.63) is 29.8 Å². The van der Waals surface area contributed by atoms with Gasteiger partial charge in [0, 0.05) is 31.0 Å². The van der Waals surface area contributed by atoms with Crippen LogP contribution in [0.2, 0.25) is 0 Å². The molecule has 2 fully saturated rings. The fourth-order valence-electron chi connectivity index (χ4n) is 3.82. The highest BCUT2D eigenvalue weighted by Gasteiger charge is 2.33. The van der Waals surface area contributed by atoms with Crippen molar-refractivity contribution < 1.29 is 9.53 Å². The second-order valence-electron chi connectivity index (χ2n) is 6.67. The molecule has 1 saturated heterocycles. The zero-order valence-electron chi connectivity index (χ0n) is 13.3. The number of benzene rings is 1. The number of carbonyl (C=O) groups is 1. The van der Waals surface area contributed by atoms with Crippen molar-refractivity contribution in [2.45, 2.75) is 44.1 Å². The predicted molar refractivity (Wildman–Crippen MR) is 86.9 cm³/mol. The van der Waals surface area contributed by atoms with E-state index in [1.807, 2.05) is 12.1 Å². The molecule has 1 aromatic rings. The van der Waals surface area contributed by atoms with E-state index in [1.165, 1.54) is 5.56 Å². The molecule has 2 aliphatic rings. The van der Waals surface area contributed by atoms with Gasteiger partial charge in [-0.3, -0.25) is 4.79 Å². The van der Waals surface area contributed by atoms with E-state index in [4.69, 9.17) is 10.5 Å². The molecule has 1 amide bonds. The van der Waals surface area contributed by atoms with Crippen molar-refractivity contribution in [2.75, 3.05) is 20.2 Å². The minimum absolute atomic E-state index is 0.151. The van der Waals surface area contributed by atoms with Crippen LogP contribution < -0.4 is 10.5 Å². The number of likely N-dealkylation sites (tertiary alicyclic amines) is 1. The summed E-state index contributed by atoms with van der Waals surface area (Å²) in [5.41, 5.74) is 7.33. The zero-order valence-corrected chi connectivity index (χ0v) is 13.3. The second kappa shape index (κ2) is 6.69. The SMILES string of the molecule is COc1ccc([C@@H]2CCN(C(=O)[C@@H]3CCC[C@@H](N)C3)C2)cc1. The number of hydrogen-bond acceptors (Lipinski definition) is 3. The van der Waals surface area contributed by atoms with Crippen LogP contribution in [0.3, 0.4) is 0 Å². The second-order valence-corrected chi connectivity index (χ2v) is 6.67. The Labute approximate surface area is 132 Å². The van der Waals surface area contributed by atoms with Crippen LogP contribution in [0.5, 0.6) is 5.75 Å². The van der Waals surface area contributed by atoms with Gasteiger partial charge >= 0.3 is 0 Å². The topological polar surface area (TPSA) is 55.6 Å². The van der Waals surface area contributed by atoms with Gasteiger partial charge in [-0.25, -0.2) is 0 Å². The molecule has 3 rings (SSSR count). The van der Waals surface area contributed by atoms with Crippen LogP contribution in [0.15, 0.2) is 24.3 Å². The van der Waals surface area contributed by atoms with E-state index in [9.17, 15) is 4.79 Å². The Bertz CT molecular complexity index is 514. The first kappa shape index (κ1) is 15.3. The van der Waals surface area contributed by atoms with Gasteiger partial charge in [0.25, 0.3) is 0 Å². The number of nitrogens with zero attached hydrogens (tertiary/aromatic N) is 1. The van der Waals surface area contributed by atoms with E-state index in [1.54, 1.807) is 7.11 Å². The third-order valence-electron chi connectivity index (χ3n) is 5.15. The standard InChI is InChI=1S/C18H26N2O2/c1-22-17-7-5-13(6-8-17)15-9-10-20(12-15)18(21)14-3-2-4-16(19)11-14/h5-8,14-16H,2-4,9-12,19H2,1H3/t14-,15-,16-/m1/s1. The van der Waals surface area contributed by atoms with E-state index >= 15 is 0 Å². The number of hydrogen-bond donors (Lipinski definition) is 1. The summed E-state index contributed by atoms with van der Waals surface area (Å²) in [4.78, 5) is 14.7. The molecule has 2 N–H and O–H groups in total. The van der Waals surface area contributed by atoms with Crippen LogP contribution in [0, 0.1) is 5.92 Å². The normalized spacial score (nSPS) is 28.6. The average molecular weight is 302 g/mol. The molecular formula is C18H26N2O2. The van der Waals surface area contributed by atoms with Crippen LogP contribution in [0.4, 0.5) is 0 Å². The van der Waals surface area contributed by atoms with E-state index in [0.29, 0.717) is 11.8 Å². The average Bonchev–Trinajstić information content (AvgIpc) is 3.04. The molecule has 4 heteroatoms. The number of methoxy groups -OCH3 is 1. The lowest BCUT2D eigenvalue weighted by Crippen LogP contribution is -2.39. The first-order valence-corrected chi connectivity index (χ1v) is 8.35. The maximum absolute atomic E-state index is 12.7. The van der Waals surface area contributed by atoms with E-state index < -0.39 is 0 Å². The highest BCUT2D eigenvalue weighted by Crippen LogP contribution is 2.32. The quantitative estimate of drug-likeness (QED) is 0.933. The summed E-state index contributed by atoms with van der Waals surface area (Å²) in [6.07, 6.45) is 5.08. The predicted octanol–water partition coefficient (Wildman–Crippen LogP) is 2.53. The van der Waals surface area contributed by atoms with Gasteiger partial charge in [0.2, 0.25) is 5.91 Å². The number of rotatable bonds is 3. The monoisotopic (exact) mass is 302 g/mol. The molecule has 120 valence electrons. The van der Waals surface area contributed by atoms with Gasteiger partial charge in [0.15, 0.2) is 0 Å². The van der Waals surface area contributed by atoms with Crippen molar-refractivity contribution in [3.8, 4) is 5.75 Å². The fourth-order valence-corrected chi connectivity index (χ4v) is 3.82. The van der Waals surface area contributed by atoms with Gasteiger partial charge in [-0.05, 0) is 43.4 Å². The molecule has 22 heavy (non-hydrogen) atoms. The zero-order chi connectivity index (χ0) is 15.5. The van der Waals surface area contributed by atoms with E-state index in [0.717, 1.165) is 50.9 Å². The largest absolute Gasteiger partial charge is 0.497 e. The Kier molecular flexibility index (Phi) is 4.67. The van der Waals surface area contributed by atoms with Crippen molar-refractivity contribution >= 4 is 5.91 Å². The molecule has 0 unspecified atom stereocenters. The molecule has 1 heterocycles. The Morgan fingerprint density at radius 1 is 1.23 bits per heavy atom. The molecule has 1 aliphatic carbocycles. The Morgan fingerprint density at radius 2 is 2.00 bits per heavy atom. The minimum atomic E-state index is 0.151. The Morgan fingerprint density at radius 3 is 2.68 bits per heavy atom. The van der Waals surface area contributed by atoms with Crippen LogP contribution in [0.25, 0.3) is 0 Å². The van der Waals surface area contributed by atoms with Crippen molar-refractivity contribution in [1.82, 2.24) is 4.90 Å². The van der Waals surface area contributed by atoms with Crippen molar-refractivity contribution in [3.63, 3.8) is 0 Å². The van der Waals surface area contributed by atoms with Crippen LogP contribution in [0.1, 0.15) is 43.6 Å². The highest BCUT2D eigenvalue weighted by molar-refractivity contribution is 5.79. The molecule has 1 saturated carbocycles. The minimum Gasteiger partial charge on any atom is -0.497 e. The Hall–Kier alpha value is -1.55. The third-order valence-corrected chi connectivity index (χ3v) is 5.15. The summed E-state index contributed by atoms with van der Waals surface area (Å²) in [5, 5.41) is 0. The van der Waals surface area contributed by atoms with Gasteiger partial charge < -0.3 is 15.4 Å². The molecule has 0 aromatic heterocycles. The lowest BCUT2D eigenvalue weighted by atomic mass is 9.85. The maximum Gasteiger partial charge on any atom is 0.225 e. The first-order valence-electron chi connectivity index (χ1n) is 8.35. The van der Waals surface area contributed by atoms with E-state index in [-0.39, 0.29) is 12.0 Å². The molecule has 0 spiro atoms. The van der Waals surface area contributed by atoms with Gasteiger partial charge in [-0.15, -0.1) is 0 Å². The number of amides is 1. The van der Waals surface area contributed by atoms with Crippen LogP contribution in [-0.4, -0.2) is 37.0 Å². The summed E-state index contributed by atoms with van der Waals surface area (Å²) in [6, 6.07) is 8.45. The van der Waals surface area contributed by atoms with Crippen LogP contribution in [-0.2, 0) is 4.79 Å². The first-order chi connectivity index (χ1) is 10.7. The molecule has 0 bridgehead atoms. The number of nitrogens with two attached hydrogens (primary N) is 1. The van der Waals surface area contributed by atoms with Gasteiger partial charge in [-0.2, -0.15) is 0 Å². The molecular weight excluding hydrogens is 276 g/mol. The molecule has 0 radical (unpaired) electrons. The molecule has 1 aromatic carbocycles. The summed E-state index contributed by atoms with van der Waals surface area (Å²) in [6.45, 7) is 1.72. The third kappa shape index (κ3) is 3.27. The lowest BCUT2D eigenvalue weighted by Gasteiger charge is -2.29. The van der Waals surface area contributed by atoms with Crippen LogP contribution >= 0.6 is 0 Å². The van der Waals surface area contributed by atoms with Gasteiger partial charge in [-0.1, -0.05) is 18.6 Å². The summed E-state index contributed by atoms with van der Waals surface area (Å²) in [5.74, 6) is 1.81. The summed E-state index contributed by atoms with van der Waals surface area (Å²) in [7, 11) is 1.68. The van der Waals surface area contributed by atoms with Crippen molar-refractivity contribution in [2.24, 2.45) is 11.7 Å². The maximum atomic E-state index is 12.7. The molecule has 1 aliphatic heterocycles. The molecule has 3 atom stereocenters. The summed E-state index contributed by atoms with van der Waals surface area (Å²) < 4.78 is 5.20. The lowest BCUT2D eigenvalue weighted by molar-refractivity contribution is -0.135. The van der Waals surface area contributed by atoms with Gasteiger partial charge in [0.1, 0.15) is 5.75 Å². The number of ether oxygens (including phenoxy) is 1. The number of carbonyl (C=O) groups excluding carboxylic acids is 1. The van der Waals surface area contributed by atoms with Gasteiger partial charge in [0.05, 0.1) is 7.11 Å². The summed E-state index contributed by atoms with van der Waals surface area (Å²) >= 11 is 0. The fraction of sp³-hybridized carbons (Fsp3) is 0.611. The molecule has 4 nitrogen and oxygen atoms in total. The Balaban J connectivity index is 1.60. The highest BCUT2D eigenvalue weighted by atomic mass is 16.5. The smallest absolute Gasteiger partial charge is 0.225 e. The van der Waals surface area contributed by atoms with Crippen molar-refractivity contribution in [1.29, 1.82) is 0 Å².